The third-order valence-corrected chi connectivity index (χ3v) is 3.73. The fraction of sp³-hybridized carbons (Fsp3) is 0.353. The van der Waals surface area contributed by atoms with Crippen LogP contribution in [-0.2, 0) is 16.1 Å². The van der Waals surface area contributed by atoms with Gasteiger partial charge in [-0.25, -0.2) is 4.79 Å². The van der Waals surface area contributed by atoms with Crippen molar-refractivity contribution in [2.45, 2.75) is 19.4 Å². The number of esters is 1. The number of nitrogen functional groups attached to an aromatic ring is 1. The van der Waals surface area contributed by atoms with Crippen LogP contribution in [0.15, 0.2) is 24.3 Å². The van der Waals surface area contributed by atoms with Crippen LogP contribution in [0.5, 0.6) is 0 Å². The summed E-state index contributed by atoms with van der Waals surface area (Å²) in [6.07, 6.45) is 1.83. The molecular weight excluding hydrogens is 336 g/mol. The first-order valence-electron chi connectivity index (χ1n) is 8.18. The molecule has 2 aromatic rings. The van der Waals surface area contributed by atoms with Crippen LogP contribution in [0.2, 0.25) is 0 Å². The number of benzene rings is 1. The van der Waals surface area contributed by atoms with Crippen LogP contribution >= 0.6 is 0 Å². The summed E-state index contributed by atoms with van der Waals surface area (Å²) in [5.41, 5.74) is 6.53. The normalized spacial score (nSPS) is 13.2. The standard InChI is InChI=1S/C17H20N6O3/c1-23(2)17-21-13(20-16(18)22-17)9-26-15(25)11-4-3-5-12(8-11)19-14(24)10-6-7-10/h3-5,8,10H,6-7,9H2,1-2H3,(H,19,24)(H2,18,20,21,22). The van der Waals surface area contributed by atoms with Crippen molar-refractivity contribution >= 4 is 29.5 Å². The van der Waals surface area contributed by atoms with Crippen molar-refractivity contribution in [1.82, 2.24) is 15.0 Å². The summed E-state index contributed by atoms with van der Waals surface area (Å²) in [6.45, 7) is -0.134. The van der Waals surface area contributed by atoms with Gasteiger partial charge in [0.05, 0.1) is 5.56 Å². The molecule has 3 N–H and O–H groups in total. The third kappa shape index (κ3) is 4.44. The molecule has 3 rings (SSSR count). The van der Waals surface area contributed by atoms with Crippen molar-refractivity contribution in [1.29, 1.82) is 0 Å². The number of aromatic nitrogens is 3. The molecule has 1 fully saturated rings. The van der Waals surface area contributed by atoms with E-state index in [2.05, 4.69) is 20.3 Å². The van der Waals surface area contributed by atoms with E-state index < -0.39 is 5.97 Å². The average Bonchev–Trinajstić information content (AvgIpc) is 3.44. The molecule has 136 valence electrons. The number of nitrogens with two attached hydrogens (primary N) is 1. The molecule has 0 saturated heterocycles. The first kappa shape index (κ1) is 17.6. The molecule has 9 nitrogen and oxygen atoms in total. The van der Waals surface area contributed by atoms with Crippen molar-refractivity contribution in [3.8, 4) is 0 Å². The van der Waals surface area contributed by atoms with Crippen LogP contribution in [0.4, 0.5) is 17.6 Å². The predicted octanol–water partition coefficient (Wildman–Crippen LogP) is 1.23. The summed E-state index contributed by atoms with van der Waals surface area (Å²) in [5, 5.41) is 2.80. The fourth-order valence-electron chi connectivity index (χ4n) is 2.22. The van der Waals surface area contributed by atoms with Gasteiger partial charge in [0.1, 0.15) is 0 Å². The zero-order valence-corrected chi connectivity index (χ0v) is 14.6. The summed E-state index contributed by atoms with van der Waals surface area (Å²) in [6, 6.07) is 6.61. The van der Waals surface area contributed by atoms with Gasteiger partial charge in [-0.3, -0.25) is 4.79 Å². The Morgan fingerprint density at radius 3 is 2.73 bits per heavy atom. The molecule has 1 saturated carbocycles. The lowest BCUT2D eigenvalue weighted by Gasteiger charge is -2.11. The molecule has 0 bridgehead atoms. The Labute approximate surface area is 150 Å². The first-order valence-corrected chi connectivity index (χ1v) is 8.18. The number of carbonyl (C=O) groups is 2. The number of nitrogens with zero attached hydrogens (tertiary/aromatic N) is 4. The molecule has 0 spiro atoms. The van der Waals surface area contributed by atoms with Gasteiger partial charge < -0.3 is 20.7 Å². The molecule has 0 atom stereocenters. The number of hydrogen-bond donors (Lipinski definition) is 2. The maximum Gasteiger partial charge on any atom is 0.338 e. The lowest BCUT2D eigenvalue weighted by atomic mass is 10.2. The molecule has 1 aliphatic carbocycles. The highest BCUT2D eigenvalue weighted by atomic mass is 16.5. The molecule has 0 aliphatic heterocycles. The Balaban J connectivity index is 1.64. The maximum atomic E-state index is 12.3. The van der Waals surface area contributed by atoms with Gasteiger partial charge in [-0.05, 0) is 31.0 Å². The molecule has 1 aliphatic rings. The van der Waals surface area contributed by atoms with Crippen LogP contribution in [0.25, 0.3) is 0 Å². The van der Waals surface area contributed by atoms with Gasteiger partial charge in [-0.2, -0.15) is 15.0 Å². The Hall–Kier alpha value is -3.23. The summed E-state index contributed by atoms with van der Waals surface area (Å²) in [7, 11) is 3.54. The van der Waals surface area contributed by atoms with Crippen LogP contribution in [0.3, 0.4) is 0 Å². The van der Waals surface area contributed by atoms with E-state index in [1.54, 1.807) is 43.3 Å². The number of carbonyl (C=O) groups excluding carboxylic acids is 2. The highest BCUT2D eigenvalue weighted by Crippen LogP contribution is 2.30. The van der Waals surface area contributed by atoms with Gasteiger partial charge in [0.15, 0.2) is 12.4 Å². The smallest absolute Gasteiger partial charge is 0.338 e. The fourth-order valence-corrected chi connectivity index (χ4v) is 2.22. The number of rotatable bonds is 6. The second-order valence-corrected chi connectivity index (χ2v) is 6.22. The van der Waals surface area contributed by atoms with Crippen molar-refractivity contribution in [3.63, 3.8) is 0 Å². The van der Waals surface area contributed by atoms with Gasteiger partial charge >= 0.3 is 5.97 Å². The lowest BCUT2D eigenvalue weighted by Crippen LogP contribution is -2.17. The highest BCUT2D eigenvalue weighted by Gasteiger charge is 2.29. The van der Waals surface area contributed by atoms with Gasteiger partial charge in [-0.1, -0.05) is 6.07 Å². The Morgan fingerprint density at radius 1 is 1.27 bits per heavy atom. The van der Waals surface area contributed by atoms with E-state index in [1.165, 1.54) is 0 Å². The topological polar surface area (TPSA) is 123 Å². The van der Waals surface area contributed by atoms with Crippen LogP contribution in [0.1, 0.15) is 29.0 Å². The van der Waals surface area contributed by atoms with Crippen molar-refractivity contribution in [3.05, 3.63) is 35.7 Å². The summed E-state index contributed by atoms with van der Waals surface area (Å²) in [5.74, 6) is 0.219. The molecule has 0 radical (unpaired) electrons. The van der Waals surface area contributed by atoms with Crippen LogP contribution < -0.4 is 16.0 Å². The van der Waals surface area contributed by atoms with Crippen LogP contribution in [0, 0.1) is 5.92 Å². The monoisotopic (exact) mass is 356 g/mol. The Morgan fingerprint density at radius 2 is 2.04 bits per heavy atom. The molecule has 1 aromatic heterocycles. The zero-order valence-electron chi connectivity index (χ0n) is 14.6. The molecule has 1 aromatic carbocycles. The highest BCUT2D eigenvalue weighted by molar-refractivity contribution is 5.96. The molecular formula is C17H20N6O3. The van der Waals surface area contributed by atoms with E-state index in [9.17, 15) is 9.59 Å². The van der Waals surface area contributed by atoms with E-state index in [1.807, 2.05) is 0 Å². The van der Waals surface area contributed by atoms with Gasteiger partial charge in [0, 0.05) is 25.7 Å². The molecule has 26 heavy (non-hydrogen) atoms. The largest absolute Gasteiger partial charge is 0.454 e. The number of nitrogens with one attached hydrogen (secondary N) is 1. The van der Waals surface area contributed by atoms with E-state index in [-0.39, 0.29) is 30.2 Å². The minimum atomic E-state index is -0.544. The minimum absolute atomic E-state index is 0.0209. The van der Waals surface area contributed by atoms with E-state index in [0.29, 0.717) is 17.2 Å². The minimum Gasteiger partial charge on any atom is -0.454 e. The molecule has 1 heterocycles. The van der Waals surface area contributed by atoms with Crippen molar-refractivity contribution in [2.75, 3.05) is 30.0 Å². The van der Waals surface area contributed by atoms with E-state index >= 15 is 0 Å². The Bertz CT molecular complexity index is 835. The van der Waals surface area contributed by atoms with Crippen molar-refractivity contribution < 1.29 is 14.3 Å². The van der Waals surface area contributed by atoms with Gasteiger partial charge in [0.25, 0.3) is 0 Å². The second kappa shape index (κ2) is 7.34. The number of ether oxygens (including phenoxy) is 1. The third-order valence-electron chi connectivity index (χ3n) is 3.73. The average molecular weight is 356 g/mol. The Kier molecular flexibility index (Phi) is 4.97. The molecule has 9 heteroatoms. The zero-order chi connectivity index (χ0) is 18.7. The lowest BCUT2D eigenvalue weighted by molar-refractivity contribution is -0.117. The van der Waals surface area contributed by atoms with E-state index in [0.717, 1.165) is 12.8 Å². The number of amides is 1. The predicted molar refractivity (Wildman–Crippen MR) is 95.5 cm³/mol. The molecule has 0 unspecified atom stereocenters. The van der Waals surface area contributed by atoms with E-state index in [4.69, 9.17) is 10.5 Å². The maximum absolute atomic E-state index is 12.3. The first-order chi connectivity index (χ1) is 12.4. The SMILES string of the molecule is CN(C)c1nc(N)nc(COC(=O)c2cccc(NC(=O)C3CC3)c2)n1. The van der Waals surface area contributed by atoms with Gasteiger partial charge in [-0.15, -0.1) is 0 Å². The quantitative estimate of drug-likeness (QED) is 0.741. The van der Waals surface area contributed by atoms with Crippen LogP contribution in [-0.4, -0.2) is 40.9 Å². The van der Waals surface area contributed by atoms with Gasteiger partial charge in [0.2, 0.25) is 17.8 Å². The summed E-state index contributed by atoms with van der Waals surface area (Å²) in [4.78, 5) is 37.9. The summed E-state index contributed by atoms with van der Waals surface area (Å²) >= 11 is 0. The van der Waals surface area contributed by atoms with Crippen molar-refractivity contribution in [2.24, 2.45) is 5.92 Å². The second-order valence-electron chi connectivity index (χ2n) is 6.22. The number of anilines is 3. The molecule has 1 amide bonds. The number of hydrogen-bond acceptors (Lipinski definition) is 8. The summed E-state index contributed by atoms with van der Waals surface area (Å²) < 4.78 is 5.25.